The van der Waals surface area contributed by atoms with Crippen molar-refractivity contribution in [1.82, 2.24) is 0 Å². The van der Waals surface area contributed by atoms with Crippen LogP contribution in [0.15, 0.2) is 0 Å². The van der Waals surface area contributed by atoms with Crippen LogP contribution in [0.1, 0.15) is 26.7 Å². The summed E-state index contributed by atoms with van der Waals surface area (Å²) in [5.41, 5.74) is 1.33. The summed E-state index contributed by atoms with van der Waals surface area (Å²) in [5.74, 6) is 0.777. The maximum Gasteiger partial charge on any atom is 0.146 e. The second-order valence-corrected chi connectivity index (χ2v) is 2.70. The zero-order valence-electron chi connectivity index (χ0n) is 6.09. The molecule has 54 valence electrons. The molecule has 0 aliphatic heterocycles. The lowest BCUT2D eigenvalue weighted by Gasteiger charge is -2.02. The van der Waals surface area contributed by atoms with E-state index in [1.807, 2.05) is 0 Å². The van der Waals surface area contributed by atoms with E-state index in [4.69, 9.17) is 4.74 Å². The van der Waals surface area contributed by atoms with Gasteiger partial charge in [0.25, 0.3) is 0 Å². The standard InChI is InChI=1S/C7H14OS/c1-7(2)4-3-5-8-6-9/h6-7H,3-5H2,1-2H3. The van der Waals surface area contributed by atoms with Crippen molar-refractivity contribution in [2.45, 2.75) is 26.7 Å². The largest absolute Gasteiger partial charge is 0.490 e. The van der Waals surface area contributed by atoms with Crippen LogP contribution >= 0.6 is 12.2 Å². The normalized spacial score (nSPS) is 9.67. The van der Waals surface area contributed by atoms with Crippen molar-refractivity contribution in [3.63, 3.8) is 0 Å². The van der Waals surface area contributed by atoms with E-state index >= 15 is 0 Å². The molecule has 0 atom stereocenters. The summed E-state index contributed by atoms with van der Waals surface area (Å²) in [4.78, 5) is 0. The molecule has 0 aliphatic carbocycles. The van der Waals surface area contributed by atoms with Gasteiger partial charge in [0.15, 0.2) is 0 Å². The molecule has 0 aliphatic rings. The average Bonchev–Trinajstić information content (AvgIpc) is 1.80. The van der Waals surface area contributed by atoms with E-state index in [-0.39, 0.29) is 0 Å². The van der Waals surface area contributed by atoms with Gasteiger partial charge in [0.2, 0.25) is 0 Å². The van der Waals surface area contributed by atoms with Crippen LogP contribution in [0.2, 0.25) is 0 Å². The number of hydrogen-bond acceptors (Lipinski definition) is 2. The first-order valence-corrected chi connectivity index (χ1v) is 3.79. The Morgan fingerprint density at radius 2 is 2.22 bits per heavy atom. The Labute approximate surface area is 62.4 Å². The smallest absolute Gasteiger partial charge is 0.146 e. The van der Waals surface area contributed by atoms with E-state index in [1.165, 1.54) is 12.0 Å². The van der Waals surface area contributed by atoms with Gasteiger partial charge in [-0.25, -0.2) is 0 Å². The van der Waals surface area contributed by atoms with Gasteiger partial charge in [0.1, 0.15) is 5.55 Å². The highest BCUT2D eigenvalue weighted by Gasteiger charge is 1.91. The molecule has 0 fully saturated rings. The molecule has 0 bridgehead atoms. The Kier molecular flexibility index (Phi) is 5.94. The van der Waals surface area contributed by atoms with Crippen molar-refractivity contribution in [3.05, 3.63) is 0 Å². The molecule has 0 spiro atoms. The van der Waals surface area contributed by atoms with Gasteiger partial charge in [-0.1, -0.05) is 13.8 Å². The molecule has 0 aromatic heterocycles. The van der Waals surface area contributed by atoms with Crippen LogP contribution < -0.4 is 0 Å². The molecule has 0 amide bonds. The third-order valence-electron chi connectivity index (χ3n) is 1.11. The highest BCUT2D eigenvalue weighted by molar-refractivity contribution is 7.78. The molecule has 0 aromatic rings. The van der Waals surface area contributed by atoms with Gasteiger partial charge in [-0.2, -0.15) is 0 Å². The summed E-state index contributed by atoms with van der Waals surface area (Å²) in [5, 5.41) is 0. The molecular formula is C7H14OS. The van der Waals surface area contributed by atoms with Crippen molar-refractivity contribution < 1.29 is 4.74 Å². The van der Waals surface area contributed by atoms with E-state index in [0.717, 1.165) is 18.9 Å². The summed E-state index contributed by atoms with van der Waals surface area (Å²) in [7, 11) is 0. The lowest BCUT2D eigenvalue weighted by molar-refractivity contribution is 0.305. The van der Waals surface area contributed by atoms with Crippen molar-refractivity contribution in [3.8, 4) is 0 Å². The zero-order chi connectivity index (χ0) is 7.11. The minimum absolute atomic E-state index is 0.777. The van der Waals surface area contributed by atoms with Crippen molar-refractivity contribution >= 4 is 17.8 Å². The predicted molar refractivity (Wildman–Crippen MR) is 43.7 cm³/mol. The van der Waals surface area contributed by atoms with Gasteiger partial charge in [0.05, 0.1) is 6.61 Å². The summed E-state index contributed by atoms with van der Waals surface area (Å²) < 4.78 is 4.87. The molecule has 0 rings (SSSR count). The summed E-state index contributed by atoms with van der Waals surface area (Å²) in [6.45, 7) is 5.19. The molecule has 0 aromatic carbocycles. The molecule has 0 saturated carbocycles. The van der Waals surface area contributed by atoms with Crippen LogP contribution in [0.25, 0.3) is 0 Å². The highest BCUT2D eigenvalue weighted by Crippen LogP contribution is 2.02. The number of rotatable bonds is 5. The summed E-state index contributed by atoms with van der Waals surface area (Å²) in [6.07, 6.45) is 2.34. The van der Waals surface area contributed by atoms with E-state index in [0.29, 0.717) is 0 Å². The number of ether oxygens (including phenoxy) is 1. The molecule has 2 heteroatoms. The van der Waals surface area contributed by atoms with E-state index in [1.54, 1.807) is 0 Å². The first kappa shape index (κ1) is 8.89. The lowest BCUT2D eigenvalue weighted by atomic mass is 10.1. The fourth-order valence-electron chi connectivity index (χ4n) is 0.623. The molecule has 0 heterocycles. The SMILES string of the molecule is CC(C)CCCOC=S. The molecule has 9 heavy (non-hydrogen) atoms. The van der Waals surface area contributed by atoms with Crippen LogP contribution in [-0.2, 0) is 4.74 Å². The van der Waals surface area contributed by atoms with Crippen molar-refractivity contribution in [2.24, 2.45) is 5.92 Å². The maximum atomic E-state index is 4.87. The first-order chi connectivity index (χ1) is 4.27. The van der Waals surface area contributed by atoms with Gasteiger partial charge in [-0.3, -0.25) is 0 Å². The van der Waals surface area contributed by atoms with Crippen molar-refractivity contribution in [1.29, 1.82) is 0 Å². The van der Waals surface area contributed by atoms with E-state index in [2.05, 4.69) is 26.1 Å². The molecule has 0 unspecified atom stereocenters. The Hall–Kier alpha value is -0.110. The van der Waals surface area contributed by atoms with Gasteiger partial charge in [0, 0.05) is 0 Å². The highest BCUT2D eigenvalue weighted by atomic mass is 32.1. The average molecular weight is 146 g/mol. The van der Waals surface area contributed by atoms with Crippen LogP contribution in [0.4, 0.5) is 0 Å². The van der Waals surface area contributed by atoms with Crippen LogP contribution in [0, 0.1) is 5.92 Å². The second kappa shape index (κ2) is 6.02. The van der Waals surface area contributed by atoms with Gasteiger partial charge in [-0.05, 0) is 31.0 Å². The van der Waals surface area contributed by atoms with Gasteiger partial charge >= 0.3 is 0 Å². The molecule has 0 radical (unpaired) electrons. The monoisotopic (exact) mass is 146 g/mol. The predicted octanol–water partition coefficient (Wildman–Crippen LogP) is 2.40. The molecular weight excluding hydrogens is 132 g/mol. The molecule has 0 saturated heterocycles. The quantitative estimate of drug-likeness (QED) is 0.435. The minimum atomic E-state index is 0.777. The molecule has 1 nitrogen and oxygen atoms in total. The van der Waals surface area contributed by atoms with Crippen molar-refractivity contribution in [2.75, 3.05) is 6.61 Å². The number of thiocarbonyl (C=S) groups is 1. The van der Waals surface area contributed by atoms with Gasteiger partial charge in [-0.15, -0.1) is 0 Å². The topological polar surface area (TPSA) is 9.23 Å². The fourth-order valence-corrected chi connectivity index (χ4v) is 0.719. The number of hydrogen-bond donors (Lipinski definition) is 0. The molecule has 0 N–H and O–H groups in total. The zero-order valence-corrected chi connectivity index (χ0v) is 6.91. The Morgan fingerprint density at radius 3 is 2.67 bits per heavy atom. The lowest BCUT2D eigenvalue weighted by Crippen LogP contribution is -1.93. The Balaban J connectivity index is 2.82. The first-order valence-electron chi connectivity index (χ1n) is 3.32. The summed E-state index contributed by atoms with van der Waals surface area (Å²) in [6, 6.07) is 0. The minimum Gasteiger partial charge on any atom is -0.490 e. The second-order valence-electron chi connectivity index (χ2n) is 2.50. The van der Waals surface area contributed by atoms with Crippen LogP contribution in [0.5, 0.6) is 0 Å². The third kappa shape index (κ3) is 7.89. The Bertz CT molecular complexity index is 71.3. The third-order valence-corrected chi connectivity index (χ3v) is 1.25. The van der Waals surface area contributed by atoms with E-state index in [9.17, 15) is 0 Å². The maximum absolute atomic E-state index is 4.87. The Morgan fingerprint density at radius 1 is 1.56 bits per heavy atom. The van der Waals surface area contributed by atoms with Crippen LogP contribution in [0.3, 0.4) is 0 Å². The van der Waals surface area contributed by atoms with Gasteiger partial charge < -0.3 is 4.74 Å². The van der Waals surface area contributed by atoms with E-state index < -0.39 is 0 Å². The van der Waals surface area contributed by atoms with Crippen LogP contribution in [-0.4, -0.2) is 12.2 Å². The fraction of sp³-hybridized carbons (Fsp3) is 0.857. The summed E-state index contributed by atoms with van der Waals surface area (Å²) >= 11 is 4.48.